The summed E-state index contributed by atoms with van der Waals surface area (Å²) in [5, 5.41) is 0. The molecule has 0 atom stereocenters. The monoisotopic (exact) mass is 335 g/mol. The maximum Gasteiger partial charge on any atom is 0.409 e. The molecule has 0 radical (unpaired) electrons. The average Bonchev–Trinajstić information content (AvgIpc) is 2.85. The second kappa shape index (κ2) is 7.61. The van der Waals surface area contributed by atoms with Gasteiger partial charge >= 0.3 is 6.09 Å². The Labute approximate surface area is 140 Å². The molecule has 0 aromatic heterocycles. The highest BCUT2D eigenvalue weighted by Crippen LogP contribution is 2.11. The second-order valence-electron chi connectivity index (χ2n) is 6.10. The lowest BCUT2D eigenvalue weighted by molar-refractivity contribution is 0.0761. The number of carbonyl (C=O) groups is 2. The second-order valence-corrected chi connectivity index (χ2v) is 6.10. The first kappa shape index (κ1) is 16.7. The SMILES string of the molecule is O=C1OCCN1CCN1CCCN(C(=O)c2ccc(F)cc2)CC1. The van der Waals surface area contributed by atoms with Gasteiger partial charge < -0.3 is 14.5 Å². The number of hydrogen-bond acceptors (Lipinski definition) is 4. The third-order valence-electron chi connectivity index (χ3n) is 4.50. The normalized spacial score (nSPS) is 19.3. The van der Waals surface area contributed by atoms with Gasteiger partial charge in [0, 0.05) is 38.3 Å². The van der Waals surface area contributed by atoms with Crippen LogP contribution in [-0.4, -0.2) is 79.1 Å². The summed E-state index contributed by atoms with van der Waals surface area (Å²) in [6.07, 6.45) is 0.648. The highest BCUT2D eigenvalue weighted by Gasteiger charge is 2.24. The van der Waals surface area contributed by atoms with Gasteiger partial charge in [-0.3, -0.25) is 9.69 Å². The van der Waals surface area contributed by atoms with Gasteiger partial charge in [0.05, 0.1) is 6.54 Å². The van der Waals surface area contributed by atoms with Crippen molar-refractivity contribution in [3.05, 3.63) is 35.6 Å². The molecular weight excluding hydrogens is 313 g/mol. The predicted molar refractivity (Wildman–Crippen MR) is 86.3 cm³/mol. The van der Waals surface area contributed by atoms with Crippen molar-refractivity contribution >= 4 is 12.0 Å². The molecule has 1 aromatic rings. The Morgan fingerprint density at radius 3 is 2.54 bits per heavy atom. The molecule has 3 rings (SSSR count). The minimum Gasteiger partial charge on any atom is -0.448 e. The van der Waals surface area contributed by atoms with E-state index in [-0.39, 0.29) is 17.8 Å². The molecule has 2 aliphatic rings. The van der Waals surface area contributed by atoms with Crippen LogP contribution in [0, 0.1) is 5.82 Å². The predicted octanol–water partition coefficient (Wildman–Crippen LogP) is 1.43. The quantitative estimate of drug-likeness (QED) is 0.835. The van der Waals surface area contributed by atoms with Gasteiger partial charge in [-0.1, -0.05) is 0 Å². The highest BCUT2D eigenvalue weighted by atomic mass is 19.1. The number of nitrogens with zero attached hydrogens (tertiary/aromatic N) is 3. The molecule has 2 aliphatic heterocycles. The zero-order valence-electron chi connectivity index (χ0n) is 13.6. The Morgan fingerprint density at radius 1 is 1.04 bits per heavy atom. The minimum absolute atomic E-state index is 0.0556. The molecular formula is C17H22FN3O3. The standard InChI is InChI=1S/C17H22FN3O3/c18-15-4-2-14(3-5-15)16(22)20-7-1-6-19(8-10-20)9-11-21-12-13-24-17(21)23/h2-5H,1,6-13H2. The van der Waals surface area contributed by atoms with Gasteiger partial charge in [-0.2, -0.15) is 0 Å². The van der Waals surface area contributed by atoms with Crippen LogP contribution in [0.2, 0.25) is 0 Å². The van der Waals surface area contributed by atoms with Crippen LogP contribution >= 0.6 is 0 Å². The van der Waals surface area contributed by atoms with Gasteiger partial charge in [-0.05, 0) is 37.2 Å². The molecule has 24 heavy (non-hydrogen) atoms. The minimum atomic E-state index is -0.339. The van der Waals surface area contributed by atoms with Crippen LogP contribution < -0.4 is 0 Å². The summed E-state index contributed by atoms with van der Waals surface area (Å²) in [6, 6.07) is 5.68. The summed E-state index contributed by atoms with van der Waals surface area (Å²) in [4.78, 5) is 29.7. The van der Waals surface area contributed by atoms with Crippen molar-refractivity contribution < 1.29 is 18.7 Å². The van der Waals surface area contributed by atoms with E-state index in [9.17, 15) is 14.0 Å². The van der Waals surface area contributed by atoms with E-state index in [1.807, 2.05) is 4.90 Å². The van der Waals surface area contributed by atoms with Gasteiger partial charge in [0.2, 0.25) is 0 Å². The smallest absolute Gasteiger partial charge is 0.409 e. The molecule has 2 fully saturated rings. The van der Waals surface area contributed by atoms with Crippen molar-refractivity contribution in [1.82, 2.24) is 14.7 Å². The summed E-state index contributed by atoms with van der Waals surface area (Å²) < 4.78 is 17.9. The Kier molecular flexibility index (Phi) is 5.30. The van der Waals surface area contributed by atoms with Crippen molar-refractivity contribution in [2.75, 3.05) is 52.4 Å². The molecule has 0 saturated carbocycles. The van der Waals surface area contributed by atoms with Crippen LogP contribution in [0.4, 0.5) is 9.18 Å². The largest absolute Gasteiger partial charge is 0.448 e. The zero-order valence-corrected chi connectivity index (χ0v) is 13.6. The third-order valence-corrected chi connectivity index (χ3v) is 4.50. The van der Waals surface area contributed by atoms with Crippen molar-refractivity contribution in [2.24, 2.45) is 0 Å². The maximum atomic E-state index is 13.0. The topological polar surface area (TPSA) is 53.1 Å². The Bertz CT molecular complexity index is 593. The van der Waals surface area contributed by atoms with Gasteiger partial charge in [0.25, 0.3) is 5.91 Å². The van der Waals surface area contributed by atoms with Crippen LogP contribution in [0.25, 0.3) is 0 Å². The molecule has 1 aromatic carbocycles. The van der Waals surface area contributed by atoms with Crippen LogP contribution in [0.3, 0.4) is 0 Å². The zero-order chi connectivity index (χ0) is 16.9. The number of amides is 2. The molecule has 0 N–H and O–H groups in total. The van der Waals surface area contributed by atoms with E-state index >= 15 is 0 Å². The number of benzene rings is 1. The average molecular weight is 335 g/mol. The molecule has 0 aliphatic carbocycles. The van der Waals surface area contributed by atoms with Gasteiger partial charge in [-0.15, -0.1) is 0 Å². The first-order chi connectivity index (χ1) is 11.6. The van der Waals surface area contributed by atoms with Crippen molar-refractivity contribution in [3.63, 3.8) is 0 Å². The van der Waals surface area contributed by atoms with Crippen LogP contribution in [0.1, 0.15) is 16.8 Å². The van der Waals surface area contributed by atoms with E-state index in [1.54, 1.807) is 4.90 Å². The summed E-state index contributed by atoms with van der Waals surface area (Å²) >= 11 is 0. The Balaban J connectivity index is 1.50. The van der Waals surface area contributed by atoms with Gasteiger partial charge in [0.15, 0.2) is 0 Å². The Hall–Kier alpha value is -2.15. The Morgan fingerprint density at radius 2 is 1.83 bits per heavy atom. The molecule has 2 saturated heterocycles. The number of halogens is 1. The van der Waals surface area contributed by atoms with E-state index < -0.39 is 0 Å². The highest BCUT2D eigenvalue weighted by molar-refractivity contribution is 5.94. The van der Waals surface area contributed by atoms with E-state index in [0.29, 0.717) is 38.3 Å². The molecule has 0 spiro atoms. The first-order valence-electron chi connectivity index (χ1n) is 8.32. The van der Waals surface area contributed by atoms with E-state index in [0.717, 1.165) is 26.1 Å². The molecule has 0 unspecified atom stereocenters. The molecule has 2 heterocycles. The maximum absolute atomic E-state index is 13.0. The summed E-state index contributed by atoms with van der Waals surface area (Å²) in [5.41, 5.74) is 0.518. The fourth-order valence-electron chi connectivity index (χ4n) is 3.06. The van der Waals surface area contributed by atoms with Crippen molar-refractivity contribution in [1.29, 1.82) is 0 Å². The van der Waals surface area contributed by atoms with Crippen LogP contribution in [0.5, 0.6) is 0 Å². The van der Waals surface area contributed by atoms with Crippen LogP contribution in [0.15, 0.2) is 24.3 Å². The molecule has 130 valence electrons. The fraction of sp³-hybridized carbons (Fsp3) is 0.529. The van der Waals surface area contributed by atoms with Crippen molar-refractivity contribution in [2.45, 2.75) is 6.42 Å². The van der Waals surface area contributed by atoms with E-state index in [4.69, 9.17) is 4.74 Å². The lowest BCUT2D eigenvalue weighted by atomic mass is 10.2. The molecule has 6 nitrogen and oxygen atoms in total. The van der Waals surface area contributed by atoms with Crippen LogP contribution in [-0.2, 0) is 4.74 Å². The van der Waals surface area contributed by atoms with Gasteiger partial charge in [0.1, 0.15) is 12.4 Å². The lowest BCUT2D eigenvalue weighted by Crippen LogP contribution is -2.38. The summed E-state index contributed by atoms with van der Waals surface area (Å²) in [5.74, 6) is -0.394. The summed E-state index contributed by atoms with van der Waals surface area (Å²) in [6.45, 7) is 5.57. The van der Waals surface area contributed by atoms with Crippen molar-refractivity contribution in [3.8, 4) is 0 Å². The summed E-state index contributed by atoms with van der Waals surface area (Å²) in [7, 11) is 0. The number of rotatable bonds is 4. The molecule has 0 bridgehead atoms. The number of hydrogen-bond donors (Lipinski definition) is 0. The fourth-order valence-corrected chi connectivity index (χ4v) is 3.06. The molecule has 2 amide bonds. The number of ether oxygens (including phenoxy) is 1. The number of carbonyl (C=O) groups excluding carboxylic acids is 2. The third kappa shape index (κ3) is 4.03. The van der Waals surface area contributed by atoms with E-state index in [2.05, 4.69) is 4.90 Å². The number of cyclic esters (lactones) is 1. The molecule has 7 heteroatoms. The van der Waals surface area contributed by atoms with E-state index in [1.165, 1.54) is 24.3 Å². The van der Waals surface area contributed by atoms with Gasteiger partial charge in [-0.25, -0.2) is 9.18 Å². The first-order valence-corrected chi connectivity index (χ1v) is 8.32. The lowest BCUT2D eigenvalue weighted by Gasteiger charge is -2.23.